The van der Waals surface area contributed by atoms with Gasteiger partial charge in [0.05, 0.1) is 29.3 Å². The summed E-state index contributed by atoms with van der Waals surface area (Å²) in [6.07, 6.45) is 0. The minimum atomic E-state index is -0.706. The number of aromatic hydroxyl groups is 1. The standard InChI is InChI=1S/C31H33N21O/c1-13-17(12-32)23(41-39-19-21(30(5,6)7)47-51-24(19)34-15(3)45-51)49(43-13)27-36-28(38-29(53)37-27)50-26(18(33-11)14(2)44-50)42-40-20-22(31(8,9)10)48-52-25(20)35-16(4)46-52/h1-10H3,(H,34,45)(H,35,46)(H,36,37,38,53)/b41-39+,42-40+. The van der Waals surface area contributed by atoms with Gasteiger partial charge in [0.2, 0.25) is 0 Å². The molecule has 0 aliphatic carbocycles. The van der Waals surface area contributed by atoms with E-state index in [0.29, 0.717) is 57.1 Å². The number of H-pyrrole nitrogens is 2. The van der Waals surface area contributed by atoms with Crippen molar-refractivity contribution in [3.05, 3.63) is 51.4 Å². The molecule has 0 spiro atoms. The molecule has 0 aliphatic heterocycles. The van der Waals surface area contributed by atoms with Crippen LogP contribution in [0, 0.1) is 45.6 Å². The number of rotatable bonds is 6. The Labute approximate surface area is 300 Å². The first kappa shape index (κ1) is 34.2. The second-order valence-electron chi connectivity index (χ2n) is 14.2. The lowest BCUT2D eigenvalue weighted by atomic mass is 9.91. The smallest absolute Gasteiger partial charge is 0.320 e. The minimum absolute atomic E-state index is 0.0199. The number of fused-ring (bicyclic) bond motifs is 2. The molecule has 7 aromatic rings. The molecule has 0 fully saturated rings. The van der Waals surface area contributed by atoms with Crippen molar-refractivity contribution in [2.45, 2.75) is 80.1 Å². The van der Waals surface area contributed by atoms with Gasteiger partial charge in [-0.3, -0.25) is 0 Å². The van der Waals surface area contributed by atoms with Gasteiger partial charge in [0, 0.05) is 10.8 Å². The molecular weight excluding hydrogens is 682 g/mol. The molecule has 0 unspecified atom stereocenters. The Bertz CT molecular complexity index is 2550. The number of aryl methyl sites for hydroxylation is 4. The van der Waals surface area contributed by atoms with E-state index in [2.05, 4.69) is 86.9 Å². The van der Waals surface area contributed by atoms with Gasteiger partial charge in [0.25, 0.3) is 17.6 Å². The van der Waals surface area contributed by atoms with E-state index in [-0.39, 0.29) is 34.8 Å². The first-order valence-electron chi connectivity index (χ1n) is 16.2. The highest BCUT2D eigenvalue weighted by molar-refractivity contribution is 5.71. The Morgan fingerprint density at radius 3 is 1.62 bits per heavy atom. The predicted molar refractivity (Wildman–Crippen MR) is 186 cm³/mol. The van der Waals surface area contributed by atoms with Crippen LogP contribution in [-0.2, 0) is 10.8 Å². The highest BCUT2D eigenvalue weighted by atomic mass is 16.3. The monoisotopic (exact) mass is 715 g/mol. The van der Waals surface area contributed by atoms with E-state index in [1.165, 1.54) is 9.26 Å². The molecule has 7 rings (SSSR count). The highest BCUT2D eigenvalue weighted by Gasteiger charge is 2.29. The van der Waals surface area contributed by atoms with Crippen LogP contribution in [0.3, 0.4) is 0 Å². The molecule has 0 saturated heterocycles. The third kappa shape index (κ3) is 5.81. The van der Waals surface area contributed by atoms with Crippen molar-refractivity contribution in [2.75, 3.05) is 0 Å². The van der Waals surface area contributed by atoms with E-state index in [9.17, 15) is 10.4 Å². The maximum atomic E-state index is 10.8. The van der Waals surface area contributed by atoms with Gasteiger partial charge in [-0.25, -0.2) is 4.85 Å². The second-order valence-corrected chi connectivity index (χ2v) is 14.2. The largest absolute Gasteiger partial charge is 0.479 e. The van der Waals surface area contributed by atoms with Crippen molar-refractivity contribution in [1.29, 1.82) is 5.26 Å². The van der Waals surface area contributed by atoms with Gasteiger partial charge in [-0.1, -0.05) is 41.5 Å². The first-order valence-corrected chi connectivity index (χ1v) is 16.2. The van der Waals surface area contributed by atoms with Crippen molar-refractivity contribution in [3.8, 4) is 24.0 Å². The van der Waals surface area contributed by atoms with E-state index in [4.69, 9.17) is 6.57 Å². The summed E-state index contributed by atoms with van der Waals surface area (Å²) in [6.45, 7) is 26.6. The van der Waals surface area contributed by atoms with Gasteiger partial charge < -0.3 is 15.1 Å². The number of azo groups is 2. The summed E-state index contributed by atoms with van der Waals surface area (Å²) in [5.41, 5.74) is 2.99. The Morgan fingerprint density at radius 1 is 0.679 bits per heavy atom. The molecule has 0 atom stereocenters. The van der Waals surface area contributed by atoms with Crippen LogP contribution < -0.4 is 0 Å². The van der Waals surface area contributed by atoms with Crippen LogP contribution >= 0.6 is 0 Å². The predicted octanol–water partition coefficient (Wildman–Crippen LogP) is 5.77. The summed E-state index contributed by atoms with van der Waals surface area (Å²) >= 11 is 0. The van der Waals surface area contributed by atoms with Crippen LogP contribution in [0.4, 0.5) is 28.7 Å². The quantitative estimate of drug-likeness (QED) is 0.137. The van der Waals surface area contributed by atoms with E-state index in [1.807, 2.05) is 41.5 Å². The third-order valence-corrected chi connectivity index (χ3v) is 7.93. The Balaban J connectivity index is 1.36. The molecule has 53 heavy (non-hydrogen) atoms. The molecule has 7 heterocycles. The fourth-order valence-electron chi connectivity index (χ4n) is 5.51. The molecular formula is C31H33N21O. The summed E-state index contributed by atoms with van der Waals surface area (Å²) in [5.74, 6) is 0.760. The van der Waals surface area contributed by atoms with Gasteiger partial charge in [0.15, 0.2) is 34.3 Å². The van der Waals surface area contributed by atoms with Crippen molar-refractivity contribution in [3.63, 3.8) is 0 Å². The van der Waals surface area contributed by atoms with Gasteiger partial charge in [0.1, 0.15) is 23.3 Å². The maximum Gasteiger partial charge on any atom is 0.320 e. The van der Waals surface area contributed by atoms with E-state index < -0.39 is 16.8 Å². The van der Waals surface area contributed by atoms with E-state index in [1.54, 1.807) is 27.7 Å². The molecule has 3 N–H and O–H groups in total. The zero-order chi connectivity index (χ0) is 38.1. The lowest BCUT2D eigenvalue weighted by molar-refractivity contribution is 0.423. The van der Waals surface area contributed by atoms with E-state index in [0.717, 1.165) is 9.36 Å². The lowest BCUT2D eigenvalue weighted by Crippen LogP contribution is -2.12. The summed E-state index contributed by atoms with van der Waals surface area (Å²) in [4.78, 5) is 22.6. The number of aromatic nitrogens is 15. The van der Waals surface area contributed by atoms with Crippen LogP contribution in [0.2, 0.25) is 0 Å². The van der Waals surface area contributed by atoms with Crippen molar-refractivity contribution in [1.82, 2.24) is 74.1 Å². The Morgan fingerprint density at radius 2 is 1.15 bits per heavy atom. The molecule has 0 saturated carbocycles. The normalized spacial score (nSPS) is 12.6. The fraction of sp³-hybridized carbons (Fsp3) is 0.387. The highest BCUT2D eigenvalue weighted by Crippen LogP contribution is 2.39. The molecule has 7 aromatic heterocycles. The lowest BCUT2D eigenvalue weighted by Gasteiger charge is -2.15. The average molecular weight is 716 g/mol. The van der Waals surface area contributed by atoms with Crippen LogP contribution in [0.1, 0.15) is 81.5 Å². The first-order chi connectivity index (χ1) is 25.0. The van der Waals surface area contributed by atoms with Crippen LogP contribution in [0.5, 0.6) is 6.01 Å². The zero-order valence-corrected chi connectivity index (χ0v) is 30.4. The van der Waals surface area contributed by atoms with E-state index >= 15 is 0 Å². The average Bonchev–Trinajstić information content (AvgIpc) is 3.89. The van der Waals surface area contributed by atoms with Crippen LogP contribution in [0.25, 0.3) is 28.0 Å². The summed E-state index contributed by atoms with van der Waals surface area (Å²) in [7, 11) is 0. The number of aromatic amines is 2. The summed E-state index contributed by atoms with van der Waals surface area (Å²) < 4.78 is 5.22. The number of hydrogen-bond donors (Lipinski definition) is 3. The topological polar surface area (TPSA) is 264 Å². The summed E-state index contributed by atoms with van der Waals surface area (Å²) in [5, 5.41) is 65.7. The molecule has 22 nitrogen and oxygen atoms in total. The Kier molecular flexibility index (Phi) is 7.71. The van der Waals surface area contributed by atoms with Crippen molar-refractivity contribution in [2.24, 2.45) is 20.5 Å². The fourth-order valence-corrected chi connectivity index (χ4v) is 5.51. The number of nitrogens with one attached hydrogen (secondary N) is 2. The third-order valence-electron chi connectivity index (χ3n) is 7.93. The molecule has 268 valence electrons. The zero-order valence-electron chi connectivity index (χ0n) is 30.4. The number of nitrogens with zero attached hydrogens (tertiary/aromatic N) is 19. The van der Waals surface area contributed by atoms with Crippen molar-refractivity contribution < 1.29 is 5.11 Å². The Hall–Kier alpha value is -7.23. The van der Waals surface area contributed by atoms with Gasteiger partial charge in [-0.2, -0.15) is 50.0 Å². The van der Waals surface area contributed by atoms with Gasteiger partial charge >= 0.3 is 6.01 Å². The molecule has 22 heteroatoms. The van der Waals surface area contributed by atoms with Crippen LogP contribution in [-0.4, -0.2) is 79.2 Å². The number of nitriles is 1. The van der Waals surface area contributed by atoms with Crippen LogP contribution in [0.15, 0.2) is 20.5 Å². The molecule has 0 radical (unpaired) electrons. The summed E-state index contributed by atoms with van der Waals surface area (Å²) in [6, 6.07) is 1.41. The van der Waals surface area contributed by atoms with Gasteiger partial charge in [-0.05, 0) is 27.7 Å². The maximum absolute atomic E-state index is 10.8. The van der Waals surface area contributed by atoms with Crippen molar-refractivity contribution >= 4 is 40.0 Å². The SMILES string of the molecule is [C-]#[N+]c1c(C)nn(-c2nc(O)nc(-n3nc(C)c(C#N)c3/N=N/c3c(C(C)(C)C)nn4nc(C)[nH]c34)n2)c1/N=N/c1c(C(C)(C)C)nn2nc(C)[nH]c12. The second kappa shape index (κ2) is 11.9. The van der Waals surface area contributed by atoms with Gasteiger partial charge in [-0.15, -0.1) is 39.9 Å². The molecule has 0 aromatic carbocycles. The molecule has 0 aliphatic rings. The molecule has 0 amide bonds. The molecule has 0 bridgehead atoms. The minimum Gasteiger partial charge on any atom is -0.479 e. The number of hydrogen-bond acceptors (Lipinski definition) is 15.